The highest BCUT2D eigenvalue weighted by Crippen LogP contribution is 2.68. The van der Waals surface area contributed by atoms with Crippen molar-refractivity contribution in [2.24, 2.45) is 5.41 Å². The van der Waals surface area contributed by atoms with E-state index in [1.165, 1.54) is 49.8 Å². The monoisotopic (exact) mass is 247 g/mol. The average Bonchev–Trinajstić information content (AvgIpc) is 3.10. The molecule has 0 amide bonds. The minimum atomic E-state index is 0.382. The van der Waals surface area contributed by atoms with Crippen molar-refractivity contribution in [3.63, 3.8) is 0 Å². The molecule has 0 N–H and O–H groups in total. The third-order valence-corrected chi connectivity index (χ3v) is 5.19. The lowest BCUT2D eigenvalue weighted by Gasteiger charge is -2.47. The molecule has 0 saturated heterocycles. The summed E-state index contributed by atoms with van der Waals surface area (Å²) >= 11 is 6.18. The molecule has 1 aromatic rings. The van der Waals surface area contributed by atoms with Crippen LogP contribution in [0.25, 0.3) is 0 Å². The first-order valence-electron chi connectivity index (χ1n) is 6.77. The van der Waals surface area contributed by atoms with Crippen molar-refractivity contribution in [1.82, 2.24) is 4.98 Å². The third kappa shape index (κ3) is 1.62. The Morgan fingerprint density at radius 1 is 1.24 bits per heavy atom. The fourth-order valence-electron chi connectivity index (χ4n) is 3.79. The van der Waals surface area contributed by atoms with Crippen LogP contribution < -0.4 is 0 Å². The number of hydrogen-bond donors (Lipinski definition) is 0. The second kappa shape index (κ2) is 3.06. The Balaban J connectivity index is 1.68. The topological polar surface area (TPSA) is 12.9 Å². The summed E-state index contributed by atoms with van der Waals surface area (Å²) in [5.41, 5.74) is 3.80. The summed E-state index contributed by atoms with van der Waals surface area (Å²) in [5, 5.41) is 0.697. The third-order valence-electron chi connectivity index (χ3n) is 4.99. The first-order chi connectivity index (χ1) is 8.09. The van der Waals surface area contributed by atoms with E-state index < -0.39 is 0 Å². The molecule has 0 radical (unpaired) electrons. The van der Waals surface area contributed by atoms with Crippen molar-refractivity contribution in [1.29, 1.82) is 0 Å². The largest absolute Gasteiger partial charge is 0.241 e. The van der Waals surface area contributed by atoms with Crippen LogP contribution in [0.2, 0.25) is 5.15 Å². The summed E-state index contributed by atoms with van der Waals surface area (Å²) in [6, 6.07) is 4.43. The minimum Gasteiger partial charge on any atom is -0.241 e. The van der Waals surface area contributed by atoms with Gasteiger partial charge in [0.2, 0.25) is 0 Å². The molecule has 3 fully saturated rings. The number of hydrogen-bond acceptors (Lipinski definition) is 1. The summed E-state index contributed by atoms with van der Waals surface area (Å²) in [5.74, 6) is 0.700. The Bertz CT molecular complexity index is 478. The molecule has 1 heterocycles. The van der Waals surface area contributed by atoms with E-state index in [2.05, 4.69) is 24.0 Å². The second-order valence-electron chi connectivity index (χ2n) is 6.79. The van der Waals surface area contributed by atoms with Gasteiger partial charge in [0.15, 0.2) is 0 Å². The zero-order chi connectivity index (χ0) is 11.7. The van der Waals surface area contributed by atoms with E-state index in [0.717, 1.165) is 5.41 Å². The Hall–Kier alpha value is -0.560. The van der Waals surface area contributed by atoms with Crippen molar-refractivity contribution in [2.75, 3.05) is 0 Å². The first-order valence-corrected chi connectivity index (χ1v) is 7.15. The van der Waals surface area contributed by atoms with Crippen LogP contribution in [0.15, 0.2) is 12.1 Å². The predicted molar refractivity (Wildman–Crippen MR) is 69.5 cm³/mol. The van der Waals surface area contributed by atoms with Crippen molar-refractivity contribution in [3.05, 3.63) is 28.5 Å². The smallest absolute Gasteiger partial charge is 0.129 e. The molecule has 1 nitrogen and oxygen atoms in total. The second-order valence-corrected chi connectivity index (χ2v) is 7.18. The van der Waals surface area contributed by atoms with Crippen LogP contribution in [0.3, 0.4) is 0 Å². The number of halogens is 1. The van der Waals surface area contributed by atoms with Crippen molar-refractivity contribution in [3.8, 4) is 0 Å². The Kier molecular flexibility index (Phi) is 1.87. The molecular weight excluding hydrogens is 230 g/mol. The zero-order valence-corrected chi connectivity index (χ0v) is 11.1. The normalized spacial score (nSPS) is 27.9. The maximum Gasteiger partial charge on any atom is 0.129 e. The van der Waals surface area contributed by atoms with E-state index >= 15 is 0 Å². The molecule has 3 aliphatic carbocycles. The molecule has 2 heteroatoms. The lowest BCUT2D eigenvalue weighted by Crippen LogP contribution is -2.39. The molecule has 4 rings (SSSR count). The molecule has 3 aliphatic rings. The van der Waals surface area contributed by atoms with Gasteiger partial charge in [-0.3, -0.25) is 0 Å². The molecular formula is C15H18ClN. The van der Waals surface area contributed by atoms with Gasteiger partial charge in [0.1, 0.15) is 5.15 Å². The van der Waals surface area contributed by atoms with Gasteiger partial charge in [0.05, 0.1) is 0 Å². The van der Waals surface area contributed by atoms with Crippen LogP contribution in [0.4, 0.5) is 0 Å². The van der Waals surface area contributed by atoms with E-state index in [1.54, 1.807) is 0 Å². The van der Waals surface area contributed by atoms with Gasteiger partial charge < -0.3 is 0 Å². The first kappa shape index (κ1) is 10.4. The van der Waals surface area contributed by atoms with E-state index in [-0.39, 0.29) is 0 Å². The predicted octanol–water partition coefficient (Wildman–Crippen LogP) is 4.44. The van der Waals surface area contributed by atoms with Crippen LogP contribution in [-0.4, -0.2) is 4.98 Å². The maximum absolute atomic E-state index is 6.18. The average molecular weight is 248 g/mol. The van der Waals surface area contributed by atoms with Crippen LogP contribution in [0.1, 0.15) is 62.6 Å². The highest BCUT2D eigenvalue weighted by molar-refractivity contribution is 6.29. The summed E-state index contributed by atoms with van der Waals surface area (Å²) in [4.78, 5) is 4.49. The van der Waals surface area contributed by atoms with Crippen LogP contribution in [0, 0.1) is 5.41 Å². The molecule has 17 heavy (non-hydrogen) atoms. The number of rotatable bonds is 2. The summed E-state index contributed by atoms with van der Waals surface area (Å²) in [6.07, 6.45) is 8.24. The van der Waals surface area contributed by atoms with E-state index in [1.807, 2.05) is 0 Å². The molecule has 0 bridgehead atoms. The van der Waals surface area contributed by atoms with Gasteiger partial charge in [-0.25, -0.2) is 4.98 Å². The van der Waals surface area contributed by atoms with Crippen molar-refractivity contribution < 1.29 is 0 Å². The number of pyridine rings is 1. The summed E-state index contributed by atoms with van der Waals surface area (Å²) in [7, 11) is 0. The summed E-state index contributed by atoms with van der Waals surface area (Å²) < 4.78 is 0. The minimum absolute atomic E-state index is 0.382. The standard InChI is InChI=1S/C15H18ClN/c1-14(8-15(9-14)4-5-15)11-6-12(10-2-3-10)17-13(16)7-11/h6-7,10H,2-5,8-9H2,1H3. The molecule has 1 aromatic heterocycles. The fourth-order valence-corrected chi connectivity index (χ4v) is 4.01. The van der Waals surface area contributed by atoms with Crippen LogP contribution in [0.5, 0.6) is 0 Å². The van der Waals surface area contributed by atoms with Gasteiger partial charge in [-0.05, 0) is 67.1 Å². The molecule has 0 unspecified atom stereocenters. The van der Waals surface area contributed by atoms with Crippen molar-refractivity contribution >= 4 is 11.6 Å². The number of nitrogens with zero attached hydrogens (tertiary/aromatic N) is 1. The fraction of sp³-hybridized carbons (Fsp3) is 0.667. The molecule has 90 valence electrons. The van der Waals surface area contributed by atoms with Gasteiger partial charge in [0, 0.05) is 11.6 Å². The Morgan fingerprint density at radius 2 is 1.94 bits per heavy atom. The van der Waals surface area contributed by atoms with E-state index in [4.69, 9.17) is 11.6 Å². The quantitative estimate of drug-likeness (QED) is 0.704. The van der Waals surface area contributed by atoms with Gasteiger partial charge in [-0.2, -0.15) is 0 Å². The highest BCUT2D eigenvalue weighted by Gasteiger charge is 2.59. The molecule has 0 aliphatic heterocycles. The lowest BCUT2D eigenvalue weighted by atomic mass is 9.57. The van der Waals surface area contributed by atoms with E-state index in [9.17, 15) is 0 Å². The van der Waals surface area contributed by atoms with Crippen molar-refractivity contribution in [2.45, 2.75) is 56.8 Å². The summed E-state index contributed by atoms with van der Waals surface area (Å²) in [6.45, 7) is 2.40. The molecule has 0 atom stereocenters. The molecule has 1 spiro atoms. The van der Waals surface area contributed by atoms with Gasteiger partial charge in [0.25, 0.3) is 0 Å². The van der Waals surface area contributed by atoms with Gasteiger partial charge in [-0.1, -0.05) is 18.5 Å². The maximum atomic E-state index is 6.18. The van der Waals surface area contributed by atoms with Gasteiger partial charge >= 0.3 is 0 Å². The van der Waals surface area contributed by atoms with E-state index in [0.29, 0.717) is 16.5 Å². The molecule has 0 aromatic carbocycles. The zero-order valence-electron chi connectivity index (χ0n) is 10.3. The van der Waals surface area contributed by atoms with Gasteiger partial charge in [-0.15, -0.1) is 0 Å². The van der Waals surface area contributed by atoms with Crippen LogP contribution >= 0.6 is 11.6 Å². The highest BCUT2D eigenvalue weighted by atomic mass is 35.5. The lowest BCUT2D eigenvalue weighted by molar-refractivity contribution is 0.137. The Morgan fingerprint density at radius 3 is 2.53 bits per heavy atom. The molecule has 3 saturated carbocycles. The Labute approximate surface area is 108 Å². The van der Waals surface area contributed by atoms with Crippen LogP contribution in [-0.2, 0) is 5.41 Å². The number of aromatic nitrogens is 1. The SMILES string of the molecule is CC1(c2cc(Cl)nc(C3CC3)c2)CC2(CC2)C1.